The van der Waals surface area contributed by atoms with Crippen LogP contribution in [0.25, 0.3) is 0 Å². The van der Waals surface area contributed by atoms with Crippen molar-refractivity contribution in [3.63, 3.8) is 0 Å². The Labute approximate surface area is 125 Å². The Kier molecular flexibility index (Phi) is 4.32. The van der Waals surface area contributed by atoms with Crippen molar-refractivity contribution in [2.45, 2.75) is 62.8 Å². The molecule has 0 bridgehead atoms. The van der Waals surface area contributed by atoms with Gasteiger partial charge in [-0.3, -0.25) is 0 Å². The average Bonchev–Trinajstić information content (AvgIpc) is 3.24. The van der Waals surface area contributed by atoms with E-state index in [-0.39, 0.29) is 11.2 Å². The molecule has 2 aliphatic rings. The van der Waals surface area contributed by atoms with Crippen molar-refractivity contribution >= 4 is 11.6 Å². The summed E-state index contributed by atoms with van der Waals surface area (Å²) in [6.07, 6.45) is 10.0. The maximum Gasteiger partial charge on any atom is 0.124 e. The van der Waals surface area contributed by atoms with Crippen molar-refractivity contribution in [1.29, 1.82) is 0 Å². The summed E-state index contributed by atoms with van der Waals surface area (Å²) in [5, 5.41) is 4.28. The molecule has 0 unspecified atom stereocenters. The topological polar surface area (TPSA) is 12.0 Å². The highest BCUT2D eigenvalue weighted by Gasteiger charge is 2.36. The van der Waals surface area contributed by atoms with E-state index in [0.29, 0.717) is 11.1 Å². The summed E-state index contributed by atoms with van der Waals surface area (Å²) < 4.78 is 13.3. The van der Waals surface area contributed by atoms with E-state index in [2.05, 4.69) is 5.32 Å². The standard InChI is InChI=1S/C17H23ClFN/c18-16-11-13(19)5-8-15(16)17(12-20-14-6-7-14)9-3-1-2-4-10-17/h5,8,11,14,20H,1-4,6-7,9-10,12H2. The van der Waals surface area contributed by atoms with Crippen molar-refractivity contribution in [2.24, 2.45) is 0 Å². The third-order valence-electron chi connectivity index (χ3n) is 4.87. The molecule has 1 aromatic carbocycles. The predicted octanol–water partition coefficient (Wildman–Crippen LogP) is 4.82. The van der Waals surface area contributed by atoms with E-state index < -0.39 is 0 Å². The summed E-state index contributed by atoms with van der Waals surface area (Å²) in [6.45, 7) is 0.989. The van der Waals surface area contributed by atoms with Crippen LogP contribution in [0, 0.1) is 5.82 Å². The van der Waals surface area contributed by atoms with Crippen LogP contribution in [-0.4, -0.2) is 12.6 Å². The number of hydrogen-bond acceptors (Lipinski definition) is 1. The van der Waals surface area contributed by atoms with Crippen LogP contribution in [0.15, 0.2) is 18.2 Å². The lowest BCUT2D eigenvalue weighted by Gasteiger charge is -2.35. The summed E-state index contributed by atoms with van der Waals surface area (Å²) in [4.78, 5) is 0. The highest BCUT2D eigenvalue weighted by Crippen LogP contribution is 2.41. The van der Waals surface area contributed by atoms with Gasteiger partial charge < -0.3 is 5.32 Å². The summed E-state index contributed by atoms with van der Waals surface area (Å²) >= 11 is 6.37. The summed E-state index contributed by atoms with van der Waals surface area (Å²) in [5.41, 5.74) is 1.25. The van der Waals surface area contributed by atoms with Gasteiger partial charge in [-0.25, -0.2) is 4.39 Å². The van der Waals surface area contributed by atoms with Crippen LogP contribution in [0.5, 0.6) is 0 Å². The first-order valence-corrected chi connectivity index (χ1v) is 8.26. The van der Waals surface area contributed by atoms with Crippen LogP contribution in [0.1, 0.15) is 56.9 Å². The monoisotopic (exact) mass is 295 g/mol. The molecule has 1 aromatic rings. The van der Waals surface area contributed by atoms with Crippen molar-refractivity contribution in [1.82, 2.24) is 5.32 Å². The number of benzene rings is 1. The van der Waals surface area contributed by atoms with Gasteiger partial charge in [0.2, 0.25) is 0 Å². The van der Waals surface area contributed by atoms with Gasteiger partial charge in [-0.05, 0) is 43.4 Å². The Morgan fingerprint density at radius 1 is 1.15 bits per heavy atom. The van der Waals surface area contributed by atoms with Gasteiger partial charge >= 0.3 is 0 Å². The van der Waals surface area contributed by atoms with Crippen LogP contribution in [0.3, 0.4) is 0 Å². The lowest BCUT2D eigenvalue weighted by Crippen LogP contribution is -2.39. The minimum atomic E-state index is -0.238. The fourth-order valence-corrected chi connectivity index (χ4v) is 3.86. The van der Waals surface area contributed by atoms with Crippen LogP contribution in [-0.2, 0) is 5.41 Å². The molecular weight excluding hydrogens is 273 g/mol. The zero-order chi connectivity index (χ0) is 14.0. The second kappa shape index (κ2) is 6.03. The van der Waals surface area contributed by atoms with E-state index in [1.54, 1.807) is 6.07 Å². The Hall–Kier alpha value is -0.600. The molecule has 2 saturated carbocycles. The van der Waals surface area contributed by atoms with Gasteiger partial charge in [0.25, 0.3) is 0 Å². The number of hydrogen-bond donors (Lipinski definition) is 1. The first-order valence-electron chi connectivity index (χ1n) is 7.89. The molecule has 0 aliphatic heterocycles. The molecule has 0 radical (unpaired) electrons. The van der Waals surface area contributed by atoms with Gasteiger partial charge in [-0.15, -0.1) is 0 Å². The molecular formula is C17H23ClFN. The summed E-state index contributed by atoms with van der Waals surface area (Å²) in [7, 11) is 0. The molecule has 110 valence electrons. The Morgan fingerprint density at radius 3 is 2.45 bits per heavy atom. The molecule has 3 rings (SSSR count). The molecule has 3 heteroatoms. The van der Waals surface area contributed by atoms with Crippen LogP contribution >= 0.6 is 11.6 Å². The van der Waals surface area contributed by atoms with Crippen molar-refractivity contribution < 1.29 is 4.39 Å². The van der Waals surface area contributed by atoms with Gasteiger partial charge in [0.15, 0.2) is 0 Å². The van der Waals surface area contributed by atoms with Gasteiger partial charge in [0.1, 0.15) is 5.82 Å². The number of halogens is 2. The SMILES string of the molecule is Fc1ccc(C2(CNC3CC3)CCCCCC2)c(Cl)c1. The van der Waals surface area contributed by atoms with Crippen LogP contribution < -0.4 is 5.32 Å². The molecule has 0 amide bonds. The van der Waals surface area contributed by atoms with E-state index in [4.69, 9.17) is 11.6 Å². The fraction of sp³-hybridized carbons (Fsp3) is 0.647. The van der Waals surface area contributed by atoms with E-state index in [9.17, 15) is 4.39 Å². The molecule has 2 fully saturated rings. The van der Waals surface area contributed by atoms with Crippen molar-refractivity contribution in [3.05, 3.63) is 34.6 Å². The second-order valence-electron chi connectivity index (χ2n) is 6.47. The number of rotatable bonds is 4. The maximum absolute atomic E-state index is 13.3. The van der Waals surface area contributed by atoms with Gasteiger partial charge in [-0.1, -0.05) is 43.4 Å². The molecule has 1 N–H and O–H groups in total. The number of nitrogens with one attached hydrogen (secondary N) is 1. The third kappa shape index (κ3) is 3.17. The fourth-order valence-electron chi connectivity index (χ4n) is 3.49. The van der Waals surface area contributed by atoms with Gasteiger partial charge in [0.05, 0.1) is 0 Å². The van der Waals surface area contributed by atoms with E-state index in [1.807, 2.05) is 6.07 Å². The van der Waals surface area contributed by atoms with Crippen LogP contribution in [0.4, 0.5) is 4.39 Å². The molecule has 0 atom stereocenters. The van der Waals surface area contributed by atoms with Gasteiger partial charge in [-0.2, -0.15) is 0 Å². The molecule has 20 heavy (non-hydrogen) atoms. The van der Waals surface area contributed by atoms with Gasteiger partial charge in [0, 0.05) is 23.0 Å². The zero-order valence-electron chi connectivity index (χ0n) is 11.9. The quantitative estimate of drug-likeness (QED) is 0.785. The minimum absolute atomic E-state index is 0.101. The minimum Gasteiger partial charge on any atom is -0.313 e. The highest BCUT2D eigenvalue weighted by atomic mass is 35.5. The highest BCUT2D eigenvalue weighted by molar-refractivity contribution is 6.31. The Balaban J connectivity index is 1.89. The molecule has 0 aromatic heterocycles. The first-order chi connectivity index (χ1) is 9.70. The van der Waals surface area contributed by atoms with Crippen molar-refractivity contribution in [2.75, 3.05) is 6.54 Å². The average molecular weight is 296 g/mol. The molecule has 2 aliphatic carbocycles. The smallest absolute Gasteiger partial charge is 0.124 e. The predicted molar refractivity (Wildman–Crippen MR) is 81.8 cm³/mol. The molecule has 1 nitrogen and oxygen atoms in total. The van der Waals surface area contributed by atoms with Crippen LogP contribution in [0.2, 0.25) is 5.02 Å². The largest absolute Gasteiger partial charge is 0.313 e. The molecule has 0 spiro atoms. The lowest BCUT2D eigenvalue weighted by molar-refractivity contribution is 0.346. The third-order valence-corrected chi connectivity index (χ3v) is 5.18. The lowest BCUT2D eigenvalue weighted by atomic mass is 9.74. The zero-order valence-corrected chi connectivity index (χ0v) is 12.7. The molecule has 0 saturated heterocycles. The first kappa shape index (κ1) is 14.3. The second-order valence-corrected chi connectivity index (χ2v) is 6.88. The van der Waals surface area contributed by atoms with E-state index >= 15 is 0 Å². The molecule has 0 heterocycles. The maximum atomic E-state index is 13.3. The Bertz CT molecular complexity index is 462. The summed E-state index contributed by atoms with van der Waals surface area (Å²) in [6, 6.07) is 5.65. The summed E-state index contributed by atoms with van der Waals surface area (Å²) in [5.74, 6) is -0.238. The van der Waals surface area contributed by atoms with E-state index in [0.717, 1.165) is 24.9 Å². The van der Waals surface area contributed by atoms with E-state index in [1.165, 1.54) is 44.6 Å². The van der Waals surface area contributed by atoms with Crippen molar-refractivity contribution in [3.8, 4) is 0 Å². The Morgan fingerprint density at radius 2 is 1.85 bits per heavy atom. The normalized spacial score (nSPS) is 22.5.